The average molecular weight is 285 g/mol. The van der Waals surface area contributed by atoms with Crippen LogP contribution in [0, 0.1) is 5.92 Å². The number of carbonyl (C=O) groups excluding carboxylic acids is 1. The van der Waals surface area contributed by atoms with Crippen LogP contribution in [0.2, 0.25) is 0 Å². The largest absolute Gasteiger partial charge is 0.361 e. The number of carbonyl (C=O) groups is 1. The molecule has 1 atom stereocenters. The van der Waals surface area contributed by atoms with Crippen LogP contribution in [0.25, 0.3) is 10.9 Å². The first-order valence-corrected chi connectivity index (χ1v) is 7.85. The van der Waals surface area contributed by atoms with Gasteiger partial charge in [-0.2, -0.15) is 0 Å². The van der Waals surface area contributed by atoms with Gasteiger partial charge in [-0.3, -0.25) is 4.79 Å². The second kappa shape index (κ2) is 6.31. The van der Waals surface area contributed by atoms with Crippen LogP contribution in [0.4, 0.5) is 0 Å². The van der Waals surface area contributed by atoms with Crippen LogP contribution < -0.4 is 5.32 Å². The Hall–Kier alpha value is -1.81. The number of rotatable bonds is 4. The van der Waals surface area contributed by atoms with Gasteiger partial charge in [0.2, 0.25) is 0 Å². The van der Waals surface area contributed by atoms with Gasteiger partial charge in [0.1, 0.15) is 0 Å². The second-order valence-electron chi connectivity index (χ2n) is 5.84. The van der Waals surface area contributed by atoms with E-state index in [1.165, 1.54) is 12.8 Å². The summed E-state index contributed by atoms with van der Waals surface area (Å²) in [6.07, 6.45) is 4.33. The lowest BCUT2D eigenvalue weighted by Crippen LogP contribution is -2.41. The number of aromatic nitrogens is 1. The monoisotopic (exact) mass is 285 g/mol. The molecule has 21 heavy (non-hydrogen) atoms. The predicted molar refractivity (Wildman–Crippen MR) is 85.5 cm³/mol. The maximum absolute atomic E-state index is 12.7. The topological polar surface area (TPSA) is 48.1 Å². The van der Waals surface area contributed by atoms with Gasteiger partial charge in [-0.25, -0.2) is 0 Å². The summed E-state index contributed by atoms with van der Waals surface area (Å²) in [4.78, 5) is 17.9. The molecule has 0 bridgehead atoms. The molecule has 0 aliphatic carbocycles. The zero-order valence-electron chi connectivity index (χ0n) is 12.6. The van der Waals surface area contributed by atoms with Crippen LogP contribution in [0.1, 0.15) is 30.1 Å². The van der Waals surface area contributed by atoms with Crippen molar-refractivity contribution < 1.29 is 4.79 Å². The van der Waals surface area contributed by atoms with E-state index in [0.29, 0.717) is 5.92 Å². The van der Waals surface area contributed by atoms with E-state index in [4.69, 9.17) is 0 Å². The first kappa shape index (κ1) is 14.1. The molecular weight excluding hydrogens is 262 g/mol. The molecule has 1 fully saturated rings. The molecule has 1 aliphatic heterocycles. The molecule has 0 spiro atoms. The number of amides is 1. The predicted octanol–water partition coefficient (Wildman–Crippen LogP) is 2.63. The Labute approximate surface area is 125 Å². The van der Waals surface area contributed by atoms with Crippen molar-refractivity contribution in [3.63, 3.8) is 0 Å². The molecule has 2 heterocycles. The molecule has 1 unspecified atom stereocenters. The molecule has 1 aliphatic rings. The molecule has 3 rings (SSSR count). The molecule has 1 saturated heterocycles. The Kier molecular flexibility index (Phi) is 4.25. The van der Waals surface area contributed by atoms with E-state index in [1.54, 1.807) is 0 Å². The summed E-state index contributed by atoms with van der Waals surface area (Å²) in [7, 11) is 0. The first-order chi connectivity index (χ1) is 10.3. The van der Waals surface area contributed by atoms with Crippen LogP contribution in [0.5, 0.6) is 0 Å². The summed E-state index contributed by atoms with van der Waals surface area (Å²) in [5.41, 5.74) is 1.80. The fourth-order valence-electron chi connectivity index (χ4n) is 3.11. The number of aromatic amines is 1. The second-order valence-corrected chi connectivity index (χ2v) is 5.84. The van der Waals surface area contributed by atoms with Crippen LogP contribution >= 0.6 is 0 Å². The number of piperidine rings is 1. The van der Waals surface area contributed by atoms with E-state index in [1.807, 2.05) is 35.4 Å². The molecule has 0 saturated carbocycles. The van der Waals surface area contributed by atoms with Gasteiger partial charge in [0.15, 0.2) is 0 Å². The zero-order chi connectivity index (χ0) is 14.7. The molecule has 1 aromatic heterocycles. The molecule has 2 N–H and O–H groups in total. The van der Waals surface area contributed by atoms with Gasteiger partial charge in [-0.15, -0.1) is 0 Å². The van der Waals surface area contributed by atoms with Gasteiger partial charge in [-0.1, -0.05) is 6.07 Å². The highest BCUT2D eigenvalue weighted by molar-refractivity contribution is 5.97. The number of benzene rings is 1. The smallest absolute Gasteiger partial charge is 0.253 e. The van der Waals surface area contributed by atoms with Crippen molar-refractivity contribution >= 4 is 16.8 Å². The highest BCUT2D eigenvalue weighted by atomic mass is 16.2. The van der Waals surface area contributed by atoms with E-state index in [-0.39, 0.29) is 5.91 Å². The Bertz CT molecular complexity index is 613. The lowest BCUT2D eigenvalue weighted by atomic mass is 9.98. The summed E-state index contributed by atoms with van der Waals surface area (Å²) in [5.74, 6) is 0.719. The number of H-pyrrole nitrogens is 1. The van der Waals surface area contributed by atoms with Crippen molar-refractivity contribution in [3.05, 3.63) is 36.0 Å². The summed E-state index contributed by atoms with van der Waals surface area (Å²) in [6.45, 7) is 5.81. The molecule has 4 nitrogen and oxygen atoms in total. The van der Waals surface area contributed by atoms with E-state index < -0.39 is 0 Å². The van der Waals surface area contributed by atoms with Crippen molar-refractivity contribution in [3.8, 4) is 0 Å². The van der Waals surface area contributed by atoms with Gasteiger partial charge in [0.05, 0.1) is 0 Å². The maximum Gasteiger partial charge on any atom is 0.253 e. The van der Waals surface area contributed by atoms with Crippen LogP contribution in [-0.2, 0) is 0 Å². The van der Waals surface area contributed by atoms with Crippen LogP contribution in [0.15, 0.2) is 30.5 Å². The lowest BCUT2D eigenvalue weighted by Gasteiger charge is -2.29. The highest BCUT2D eigenvalue weighted by Crippen LogP contribution is 2.17. The lowest BCUT2D eigenvalue weighted by molar-refractivity contribution is 0.0729. The van der Waals surface area contributed by atoms with Crippen molar-refractivity contribution in [2.75, 3.05) is 26.2 Å². The van der Waals surface area contributed by atoms with E-state index >= 15 is 0 Å². The first-order valence-electron chi connectivity index (χ1n) is 7.85. The van der Waals surface area contributed by atoms with Gasteiger partial charge in [-0.05, 0) is 62.4 Å². The third-order valence-corrected chi connectivity index (χ3v) is 4.35. The SMILES string of the molecule is CCN(CC1CCCNC1)C(=O)c1ccc2cc[nH]c2c1. The third-order valence-electron chi connectivity index (χ3n) is 4.35. The van der Waals surface area contributed by atoms with E-state index in [2.05, 4.69) is 17.2 Å². The fourth-order valence-corrected chi connectivity index (χ4v) is 3.11. The Morgan fingerprint density at radius 2 is 2.29 bits per heavy atom. The Morgan fingerprint density at radius 1 is 1.38 bits per heavy atom. The summed E-state index contributed by atoms with van der Waals surface area (Å²) in [5, 5.41) is 4.57. The zero-order valence-corrected chi connectivity index (χ0v) is 12.6. The number of nitrogens with zero attached hydrogens (tertiary/aromatic N) is 1. The minimum absolute atomic E-state index is 0.138. The molecule has 4 heteroatoms. The minimum Gasteiger partial charge on any atom is -0.361 e. The van der Waals surface area contributed by atoms with Gasteiger partial charge in [0, 0.05) is 30.4 Å². The van der Waals surface area contributed by atoms with Crippen LogP contribution in [-0.4, -0.2) is 42.0 Å². The summed E-state index contributed by atoms with van der Waals surface area (Å²) < 4.78 is 0. The van der Waals surface area contributed by atoms with Crippen LogP contribution in [0.3, 0.4) is 0 Å². The third kappa shape index (κ3) is 3.10. The van der Waals surface area contributed by atoms with Gasteiger partial charge >= 0.3 is 0 Å². The Morgan fingerprint density at radius 3 is 3.05 bits per heavy atom. The van der Waals surface area contributed by atoms with Gasteiger partial charge in [0.25, 0.3) is 5.91 Å². The van der Waals surface area contributed by atoms with E-state index in [0.717, 1.165) is 42.6 Å². The Balaban J connectivity index is 1.74. The van der Waals surface area contributed by atoms with Crippen molar-refractivity contribution in [2.24, 2.45) is 5.92 Å². The van der Waals surface area contributed by atoms with Crippen molar-refractivity contribution in [1.29, 1.82) is 0 Å². The normalized spacial score (nSPS) is 18.8. The molecule has 0 radical (unpaired) electrons. The average Bonchev–Trinajstić information content (AvgIpc) is 3.00. The number of hydrogen-bond donors (Lipinski definition) is 2. The van der Waals surface area contributed by atoms with Crippen molar-refractivity contribution in [2.45, 2.75) is 19.8 Å². The number of hydrogen-bond acceptors (Lipinski definition) is 2. The molecule has 2 aromatic rings. The van der Waals surface area contributed by atoms with Crippen molar-refractivity contribution in [1.82, 2.24) is 15.2 Å². The fraction of sp³-hybridized carbons (Fsp3) is 0.471. The standard InChI is InChI=1S/C17H23N3O/c1-2-20(12-13-4-3-8-18-11-13)17(21)15-6-5-14-7-9-19-16(14)10-15/h5-7,9-10,13,18-19H,2-4,8,11-12H2,1H3. The number of nitrogens with one attached hydrogen (secondary N) is 2. The summed E-state index contributed by atoms with van der Waals surface area (Å²) >= 11 is 0. The van der Waals surface area contributed by atoms with E-state index in [9.17, 15) is 4.79 Å². The van der Waals surface area contributed by atoms with Gasteiger partial charge < -0.3 is 15.2 Å². The molecular formula is C17H23N3O. The maximum atomic E-state index is 12.7. The minimum atomic E-state index is 0.138. The molecule has 1 aromatic carbocycles. The highest BCUT2D eigenvalue weighted by Gasteiger charge is 2.20. The quantitative estimate of drug-likeness (QED) is 0.907. The molecule has 112 valence electrons. The molecule has 1 amide bonds. The summed E-state index contributed by atoms with van der Waals surface area (Å²) in [6, 6.07) is 7.92. The number of fused-ring (bicyclic) bond motifs is 1.